The van der Waals surface area contributed by atoms with Crippen molar-refractivity contribution in [2.24, 2.45) is 0 Å². The second-order valence-corrected chi connectivity index (χ2v) is 5.21. The molecule has 0 aliphatic carbocycles. The van der Waals surface area contributed by atoms with Crippen molar-refractivity contribution in [3.8, 4) is 0 Å². The van der Waals surface area contributed by atoms with Crippen LogP contribution in [0.2, 0.25) is 5.02 Å². The molecule has 1 aromatic carbocycles. The Bertz CT molecular complexity index is 544. The smallest absolute Gasteiger partial charge is 0.141 e. The van der Waals surface area contributed by atoms with Crippen LogP contribution in [0.5, 0.6) is 0 Å². The molecule has 96 valence electrons. The molecule has 0 fully saturated rings. The Kier molecular flexibility index (Phi) is 4.27. The molecule has 1 unspecified atom stereocenters. The zero-order chi connectivity index (χ0) is 13.1. The van der Waals surface area contributed by atoms with Crippen LogP contribution in [-0.4, -0.2) is 16.6 Å². The highest BCUT2D eigenvalue weighted by Gasteiger charge is 2.16. The molecule has 0 bridgehead atoms. The van der Waals surface area contributed by atoms with Gasteiger partial charge in [-0.15, -0.1) is 5.10 Å². The molecule has 1 heterocycles. The zero-order valence-corrected chi connectivity index (χ0v) is 11.6. The van der Waals surface area contributed by atoms with Crippen molar-refractivity contribution in [2.75, 3.05) is 7.05 Å². The van der Waals surface area contributed by atoms with E-state index >= 15 is 0 Å². The first-order valence-corrected chi connectivity index (χ1v) is 6.67. The summed E-state index contributed by atoms with van der Waals surface area (Å²) in [7, 11) is 1.88. The van der Waals surface area contributed by atoms with Crippen LogP contribution >= 0.6 is 23.1 Å². The van der Waals surface area contributed by atoms with Crippen LogP contribution in [0.1, 0.15) is 22.2 Å². The minimum atomic E-state index is -0.392. The van der Waals surface area contributed by atoms with Gasteiger partial charge in [-0.2, -0.15) is 0 Å². The average Bonchev–Trinajstić information content (AvgIpc) is 2.77. The second kappa shape index (κ2) is 5.73. The van der Waals surface area contributed by atoms with Crippen LogP contribution < -0.4 is 5.32 Å². The summed E-state index contributed by atoms with van der Waals surface area (Å²) in [6.07, 6.45) is 0.723. The van der Waals surface area contributed by atoms with Gasteiger partial charge < -0.3 is 5.32 Å². The van der Waals surface area contributed by atoms with Gasteiger partial charge in [-0.3, -0.25) is 0 Å². The van der Waals surface area contributed by atoms with E-state index in [-0.39, 0.29) is 11.1 Å². The number of aromatic nitrogens is 2. The highest BCUT2D eigenvalue weighted by atomic mass is 35.5. The van der Waals surface area contributed by atoms with Crippen molar-refractivity contribution >= 4 is 23.1 Å². The summed E-state index contributed by atoms with van der Waals surface area (Å²) in [5.41, 5.74) is 1.90. The van der Waals surface area contributed by atoms with E-state index in [2.05, 4.69) is 14.9 Å². The van der Waals surface area contributed by atoms with E-state index in [0.717, 1.165) is 22.6 Å². The van der Waals surface area contributed by atoms with Gasteiger partial charge in [-0.05, 0) is 49.6 Å². The van der Waals surface area contributed by atoms with Crippen LogP contribution in [0.3, 0.4) is 0 Å². The number of likely N-dealkylation sites (N-methyl/N-ethyl adjacent to an activating group) is 1. The first-order chi connectivity index (χ1) is 8.61. The Morgan fingerprint density at radius 1 is 1.50 bits per heavy atom. The first-order valence-electron chi connectivity index (χ1n) is 5.52. The molecule has 0 aliphatic heterocycles. The molecule has 0 radical (unpaired) electrons. The van der Waals surface area contributed by atoms with E-state index in [1.807, 2.05) is 14.0 Å². The highest BCUT2D eigenvalue weighted by molar-refractivity contribution is 7.05. The summed E-state index contributed by atoms with van der Waals surface area (Å²) >= 11 is 7.16. The van der Waals surface area contributed by atoms with E-state index in [4.69, 9.17) is 11.6 Å². The molecule has 3 nitrogen and oxygen atoms in total. The van der Waals surface area contributed by atoms with Crippen molar-refractivity contribution in [3.63, 3.8) is 0 Å². The van der Waals surface area contributed by atoms with Crippen molar-refractivity contribution in [1.29, 1.82) is 0 Å². The molecular formula is C12H13ClFN3S. The normalized spacial score (nSPS) is 12.7. The highest BCUT2D eigenvalue weighted by Crippen LogP contribution is 2.25. The predicted octanol–water partition coefficient (Wildman–Crippen LogP) is 3.14. The lowest BCUT2D eigenvalue weighted by Crippen LogP contribution is -2.18. The number of benzene rings is 1. The Morgan fingerprint density at radius 3 is 2.83 bits per heavy atom. The summed E-state index contributed by atoms with van der Waals surface area (Å²) < 4.78 is 17.0. The van der Waals surface area contributed by atoms with Crippen LogP contribution in [0, 0.1) is 12.7 Å². The molecule has 1 aromatic heterocycles. The number of halogens is 2. The molecule has 1 N–H and O–H groups in total. The molecule has 0 saturated carbocycles. The van der Waals surface area contributed by atoms with E-state index in [9.17, 15) is 4.39 Å². The minimum Gasteiger partial charge on any atom is -0.312 e. The maximum atomic E-state index is 13.1. The quantitative estimate of drug-likeness (QED) is 0.938. The van der Waals surface area contributed by atoms with Gasteiger partial charge >= 0.3 is 0 Å². The Balaban J connectivity index is 2.20. The third-order valence-corrected chi connectivity index (χ3v) is 4.00. The van der Waals surface area contributed by atoms with Gasteiger partial charge in [0.25, 0.3) is 0 Å². The van der Waals surface area contributed by atoms with Gasteiger partial charge in [0, 0.05) is 6.04 Å². The van der Waals surface area contributed by atoms with E-state index in [1.165, 1.54) is 17.6 Å². The number of nitrogens with one attached hydrogen (secondary N) is 1. The predicted molar refractivity (Wildman–Crippen MR) is 71.6 cm³/mol. The fourth-order valence-electron chi connectivity index (χ4n) is 1.78. The molecule has 6 heteroatoms. The summed E-state index contributed by atoms with van der Waals surface area (Å²) in [4.78, 5) is 1.10. The van der Waals surface area contributed by atoms with Crippen LogP contribution in [-0.2, 0) is 6.42 Å². The number of hydrogen-bond donors (Lipinski definition) is 1. The lowest BCUT2D eigenvalue weighted by atomic mass is 10.0. The van der Waals surface area contributed by atoms with Crippen molar-refractivity contribution < 1.29 is 4.39 Å². The fourth-order valence-corrected chi connectivity index (χ4v) is 2.74. The lowest BCUT2D eigenvalue weighted by Gasteiger charge is -2.14. The van der Waals surface area contributed by atoms with Crippen molar-refractivity contribution in [3.05, 3.63) is 45.2 Å². The molecule has 2 rings (SSSR count). The summed E-state index contributed by atoms with van der Waals surface area (Å²) in [6, 6.07) is 4.91. The molecular weight excluding hydrogens is 273 g/mol. The molecule has 1 atom stereocenters. The van der Waals surface area contributed by atoms with Gasteiger partial charge in [-0.1, -0.05) is 22.2 Å². The molecule has 2 aromatic rings. The molecule has 18 heavy (non-hydrogen) atoms. The standard InChI is InChI=1S/C12H13ClFN3S/c1-7-12(18-17-16-7)11(15-2)6-8-3-4-10(14)9(13)5-8/h3-5,11,15H,6H2,1-2H3. The largest absolute Gasteiger partial charge is 0.312 e. The van der Waals surface area contributed by atoms with Gasteiger partial charge in [0.2, 0.25) is 0 Å². The number of aryl methyl sites for hydroxylation is 1. The van der Waals surface area contributed by atoms with Gasteiger partial charge in [-0.25, -0.2) is 4.39 Å². The average molecular weight is 286 g/mol. The first kappa shape index (κ1) is 13.4. The minimum absolute atomic E-state index is 0.117. The third-order valence-electron chi connectivity index (χ3n) is 2.78. The van der Waals surface area contributed by atoms with Gasteiger partial charge in [0.1, 0.15) is 5.82 Å². The maximum Gasteiger partial charge on any atom is 0.141 e. The fraction of sp³-hybridized carbons (Fsp3) is 0.333. The number of rotatable bonds is 4. The van der Waals surface area contributed by atoms with Crippen molar-refractivity contribution in [1.82, 2.24) is 14.9 Å². The number of nitrogens with zero attached hydrogens (tertiary/aromatic N) is 2. The van der Waals surface area contributed by atoms with Crippen molar-refractivity contribution in [2.45, 2.75) is 19.4 Å². The third kappa shape index (κ3) is 2.85. The Hall–Kier alpha value is -1.04. The Morgan fingerprint density at radius 2 is 2.28 bits per heavy atom. The van der Waals surface area contributed by atoms with E-state index in [1.54, 1.807) is 12.1 Å². The van der Waals surface area contributed by atoms with Crippen LogP contribution in [0.4, 0.5) is 4.39 Å². The topological polar surface area (TPSA) is 37.8 Å². The van der Waals surface area contributed by atoms with Gasteiger partial charge in [0.15, 0.2) is 0 Å². The summed E-state index contributed by atoms with van der Waals surface area (Å²) in [6.45, 7) is 1.93. The maximum absolute atomic E-state index is 13.1. The van der Waals surface area contributed by atoms with E-state index in [0.29, 0.717) is 0 Å². The molecule has 0 amide bonds. The van der Waals surface area contributed by atoms with E-state index < -0.39 is 5.82 Å². The zero-order valence-electron chi connectivity index (χ0n) is 10.1. The monoisotopic (exact) mass is 285 g/mol. The lowest BCUT2D eigenvalue weighted by molar-refractivity contribution is 0.594. The van der Waals surface area contributed by atoms with Crippen LogP contribution in [0.25, 0.3) is 0 Å². The molecule has 0 aliphatic rings. The van der Waals surface area contributed by atoms with Gasteiger partial charge in [0.05, 0.1) is 15.6 Å². The summed E-state index contributed by atoms with van der Waals surface area (Å²) in [5.74, 6) is -0.392. The molecule has 0 spiro atoms. The Labute approximate surface area is 114 Å². The summed E-state index contributed by atoms with van der Waals surface area (Å²) in [5, 5.41) is 7.38. The SMILES string of the molecule is CNC(Cc1ccc(F)c(Cl)c1)c1snnc1C. The second-order valence-electron chi connectivity index (χ2n) is 4.02. The van der Waals surface area contributed by atoms with Crippen LogP contribution in [0.15, 0.2) is 18.2 Å². The molecule has 0 saturated heterocycles. The number of hydrogen-bond acceptors (Lipinski definition) is 4.